The SMILES string of the molecule is N#CC1CN(c2ncc(N)cc2C(=O)O)CCO1. The molecule has 1 aromatic heterocycles. The second-order valence-electron chi connectivity index (χ2n) is 3.88. The Morgan fingerprint density at radius 1 is 1.72 bits per heavy atom. The number of nitrogens with two attached hydrogens (primary N) is 1. The Hall–Kier alpha value is -2.33. The average molecular weight is 248 g/mol. The van der Waals surface area contributed by atoms with Crippen LogP contribution >= 0.6 is 0 Å². The summed E-state index contributed by atoms with van der Waals surface area (Å²) in [7, 11) is 0. The Labute approximate surface area is 103 Å². The summed E-state index contributed by atoms with van der Waals surface area (Å²) < 4.78 is 5.20. The van der Waals surface area contributed by atoms with E-state index in [1.165, 1.54) is 12.3 Å². The van der Waals surface area contributed by atoms with Crippen LogP contribution in [0.5, 0.6) is 0 Å². The lowest BCUT2D eigenvalue weighted by Crippen LogP contribution is -2.42. The van der Waals surface area contributed by atoms with Crippen molar-refractivity contribution >= 4 is 17.5 Å². The normalized spacial score (nSPS) is 19.3. The molecule has 1 aliphatic heterocycles. The van der Waals surface area contributed by atoms with E-state index in [9.17, 15) is 4.79 Å². The van der Waals surface area contributed by atoms with Gasteiger partial charge in [-0.2, -0.15) is 5.26 Å². The Bertz CT molecular complexity index is 512. The van der Waals surface area contributed by atoms with Crippen LogP contribution in [0.4, 0.5) is 11.5 Å². The van der Waals surface area contributed by atoms with Crippen LogP contribution in [0.1, 0.15) is 10.4 Å². The summed E-state index contributed by atoms with van der Waals surface area (Å²) in [6, 6.07) is 3.36. The summed E-state index contributed by atoms with van der Waals surface area (Å²) in [5.41, 5.74) is 5.86. The first kappa shape index (κ1) is 12.1. The van der Waals surface area contributed by atoms with Crippen LogP contribution in [-0.4, -0.2) is 41.9 Å². The van der Waals surface area contributed by atoms with Gasteiger partial charge >= 0.3 is 5.97 Å². The van der Waals surface area contributed by atoms with Crippen molar-refractivity contribution in [1.82, 2.24) is 4.98 Å². The molecular formula is C11H12N4O3. The maximum Gasteiger partial charge on any atom is 0.339 e. The van der Waals surface area contributed by atoms with Crippen LogP contribution < -0.4 is 10.6 Å². The first-order chi connectivity index (χ1) is 8.61. The second kappa shape index (κ2) is 4.89. The highest BCUT2D eigenvalue weighted by Gasteiger charge is 2.25. The molecule has 2 heterocycles. The molecule has 0 bridgehead atoms. The van der Waals surface area contributed by atoms with Gasteiger partial charge in [-0.15, -0.1) is 0 Å². The number of morpholine rings is 1. The predicted octanol–water partition coefficient (Wildman–Crippen LogP) is 0.0908. The maximum absolute atomic E-state index is 11.1. The molecule has 7 heteroatoms. The highest BCUT2D eigenvalue weighted by Crippen LogP contribution is 2.22. The number of carboxylic acids is 1. The van der Waals surface area contributed by atoms with E-state index >= 15 is 0 Å². The van der Waals surface area contributed by atoms with Gasteiger partial charge in [0.1, 0.15) is 11.4 Å². The number of anilines is 2. The third kappa shape index (κ3) is 2.33. The minimum Gasteiger partial charge on any atom is -0.478 e. The quantitative estimate of drug-likeness (QED) is 0.762. The number of nitriles is 1. The monoisotopic (exact) mass is 248 g/mol. The Morgan fingerprint density at radius 3 is 3.17 bits per heavy atom. The smallest absolute Gasteiger partial charge is 0.339 e. The molecule has 18 heavy (non-hydrogen) atoms. The maximum atomic E-state index is 11.1. The van der Waals surface area contributed by atoms with Gasteiger partial charge in [-0.25, -0.2) is 9.78 Å². The number of aromatic carboxylic acids is 1. The lowest BCUT2D eigenvalue weighted by molar-refractivity contribution is 0.0686. The van der Waals surface area contributed by atoms with E-state index in [4.69, 9.17) is 20.8 Å². The van der Waals surface area contributed by atoms with Gasteiger partial charge in [-0.3, -0.25) is 0 Å². The molecule has 94 valence electrons. The zero-order valence-electron chi connectivity index (χ0n) is 9.54. The predicted molar refractivity (Wildman–Crippen MR) is 63.2 cm³/mol. The fourth-order valence-electron chi connectivity index (χ4n) is 1.80. The van der Waals surface area contributed by atoms with Crippen molar-refractivity contribution in [3.05, 3.63) is 17.8 Å². The van der Waals surface area contributed by atoms with Gasteiger partial charge < -0.3 is 20.5 Å². The van der Waals surface area contributed by atoms with E-state index < -0.39 is 12.1 Å². The molecule has 1 unspecified atom stereocenters. The van der Waals surface area contributed by atoms with Crippen molar-refractivity contribution in [2.75, 3.05) is 30.3 Å². The Balaban J connectivity index is 2.33. The fourth-order valence-corrected chi connectivity index (χ4v) is 1.80. The third-order valence-corrected chi connectivity index (χ3v) is 2.63. The first-order valence-electron chi connectivity index (χ1n) is 5.37. The van der Waals surface area contributed by atoms with Crippen LogP contribution in [-0.2, 0) is 4.74 Å². The molecule has 1 fully saturated rings. The van der Waals surface area contributed by atoms with Gasteiger partial charge in [0.15, 0.2) is 6.10 Å². The summed E-state index contributed by atoms with van der Waals surface area (Å²) in [6.07, 6.45) is 0.832. The molecule has 1 aromatic rings. The van der Waals surface area contributed by atoms with Crippen LogP contribution in [0, 0.1) is 11.3 Å². The van der Waals surface area contributed by atoms with Crippen molar-refractivity contribution < 1.29 is 14.6 Å². The minimum atomic E-state index is -1.09. The number of rotatable bonds is 2. The van der Waals surface area contributed by atoms with Crippen molar-refractivity contribution in [3.63, 3.8) is 0 Å². The molecule has 3 N–H and O–H groups in total. The van der Waals surface area contributed by atoms with Crippen molar-refractivity contribution in [2.45, 2.75) is 6.10 Å². The van der Waals surface area contributed by atoms with Gasteiger partial charge in [0.05, 0.1) is 31.1 Å². The second-order valence-corrected chi connectivity index (χ2v) is 3.88. The van der Waals surface area contributed by atoms with Crippen molar-refractivity contribution in [1.29, 1.82) is 5.26 Å². The van der Waals surface area contributed by atoms with Gasteiger partial charge in [-0.1, -0.05) is 0 Å². The van der Waals surface area contributed by atoms with Gasteiger partial charge in [0.2, 0.25) is 0 Å². The van der Waals surface area contributed by atoms with E-state index in [0.717, 1.165) is 0 Å². The first-order valence-corrected chi connectivity index (χ1v) is 5.37. The summed E-state index contributed by atoms with van der Waals surface area (Å²) in [4.78, 5) is 16.9. The lowest BCUT2D eigenvalue weighted by Gasteiger charge is -2.31. The number of carboxylic acid groups (broad SMARTS) is 1. The molecule has 7 nitrogen and oxygen atoms in total. The molecule has 0 radical (unpaired) electrons. The number of nitrogen functional groups attached to an aromatic ring is 1. The average Bonchev–Trinajstić information content (AvgIpc) is 2.38. The molecule has 0 aromatic carbocycles. The highest BCUT2D eigenvalue weighted by atomic mass is 16.5. The molecule has 0 spiro atoms. The Kier molecular flexibility index (Phi) is 3.30. The van der Waals surface area contributed by atoms with Crippen LogP contribution in [0.2, 0.25) is 0 Å². The van der Waals surface area contributed by atoms with Gasteiger partial charge in [-0.05, 0) is 6.07 Å². The summed E-state index contributed by atoms with van der Waals surface area (Å²) in [6.45, 7) is 1.16. The highest BCUT2D eigenvalue weighted by molar-refractivity contribution is 5.94. The summed E-state index contributed by atoms with van der Waals surface area (Å²) >= 11 is 0. The lowest BCUT2D eigenvalue weighted by atomic mass is 10.2. The van der Waals surface area contributed by atoms with E-state index in [0.29, 0.717) is 31.2 Å². The molecule has 0 amide bonds. The van der Waals surface area contributed by atoms with Gasteiger partial charge in [0, 0.05) is 6.54 Å². The number of hydrogen-bond acceptors (Lipinski definition) is 6. The summed E-state index contributed by atoms with van der Waals surface area (Å²) in [5, 5.41) is 17.9. The van der Waals surface area contributed by atoms with E-state index in [1.54, 1.807) is 4.90 Å². The largest absolute Gasteiger partial charge is 0.478 e. The zero-order valence-corrected chi connectivity index (χ0v) is 9.54. The fraction of sp³-hybridized carbons (Fsp3) is 0.364. The van der Waals surface area contributed by atoms with Crippen LogP contribution in [0.25, 0.3) is 0 Å². The molecular weight excluding hydrogens is 236 g/mol. The topological polar surface area (TPSA) is 112 Å². The number of hydrogen-bond donors (Lipinski definition) is 2. The molecule has 2 rings (SSSR count). The Morgan fingerprint density at radius 2 is 2.50 bits per heavy atom. The van der Waals surface area contributed by atoms with E-state index in [2.05, 4.69) is 4.98 Å². The molecule has 1 atom stereocenters. The zero-order chi connectivity index (χ0) is 13.1. The summed E-state index contributed by atoms with van der Waals surface area (Å²) in [5.74, 6) is -0.773. The molecule has 0 saturated carbocycles. The molecule has 1 saturated heterocycles. The minimum absolute atomic E-state index is 0.0357. The number of nitrogens with zero attached hydrogens (tertiary/aromatic N) is 3. The molecule has 0 aliphatic carbocycles. The number of pyridine rings is 1. The number of aromatic nitrogens is 1. The van der Waals surface area contributed by atoms with Gasteiger partial charge in [0.25, 0.3) is 0 Å². The third-order valence-electron chi connectivity index (χ3n) is 2.63. The van der Waals surface area contributed by atoms with Crippen molar-refractivity contribution in [2.24, 2.45) is 0 Å². The standard InChI is InChI=1S/C11H12N4O3/c12-4-8-6-15(1-2-18-8)10-9(11(16)17)3-7(13)5-14-10/h3,5,8H,1-2,6,13H2,(H,16,17). The van der Waals surface area contributed by atoms with E-state index in [1.807, 2.05) is 6.07 Å². The van der Waals surface area contributed by atoms with E-state index in [-0.39, 0.29) is 5.56 Å². The van der Waals surface area contributed by atoms with Crippen LogP contribution in [0.3, 0.4) is 0 Å². The number of ether oxygens (including phenoxy) is 1. The molecule has 1 aliphatic rings. The van der Waals surface area contributed by atoms with Crippen LogP contribution in [0.15, 0.2) is 12.3 Å². The van der Waals surface area contributed by atoms with Crippen molar-refractivity contribution in [3.8, 4) is 6.07 Å². The number of carbonyl (C=O) groups is 1.